The maximum Gasteiger partial charge on any atom is 0.422 e. The molecule has 10 heteroatoms. The summed E-state index contributed by atoms with van der Waals surface area (Å²) in [4.78, 5) is 12.5. The summed E-state index contributed by atoms with van der Waals surface area (Å²) in [5.41, 5.74) is 0.183. The van der Waals surface area contributed by atoms with E-state index in [9.17, 15) is 31.1 Å². The van der Waals surface area contributed by atoms with E-state index < -0.39 is 37.1 Å². The Labute approximate surface area is 167 Å². The Bertz CT molecular complexity index is 903. The van der Waals surface area contributed by atoms with Crippen LogP contribution >= 0.6 is 0 Å². The van der Waals surface area contributed by atoms with Gasteiger partial charge in [-0.2, -0.15) is 26.3 Å². The summed E-state index contributed by atoms with van der Waals surface area (Å²) in [5.74, 6) is -1.05. The summed E-state index contributed by atoms with van der Waals surface area (Å²) in [6.45, 7) is -3.29. The number of benzene rings is 2. The molecule has 0 aliphatic rings. The van der Waals surface area contributed by atoms with Crippen LogP contribution in [0.15, 0.2) is 48.5 Å². The molecule has 0 saturated carbocycles. The van der Waals surface area contributed by atoms with Crippen molar-refractivity contribution < 1.29 is 45.3 Å². The predicted octanol–water partition coefficient (Wildman–Crippen LogP) is 5.47. The minimum atomic E-state index is -4.66. The van der Waals surface area contributed by atoms with Crippen LogP contribution in [0.2, 0.25) is 0 Å². The van der Waals surface area contributed by atoms with Crippen molar-refractivity contribution in [1.82, 2.24) is 0 Å². The van der Waals surface area contributed by atoms with Crippen molar-refractivity contribution in [2.75, 3.05) is 20.3 Å². The molecule has 2 aromatic carbocycles. The number of halogens is 6. The van der Waals surface area contributed by atoms with Gasteiger partial charge in [0.2, 0.25) is 0 Å². The molecule has 2 aromatic rings. The Morgan fingerprint density at radius 1 is 0.900 bits per heavy atom. The van der Waals surface area contributed by atoms with E-state index in [1.807, 2.05) is 0 Å². The van der Waals surface area contributed by atoms with Gasteiger partial charge in [0.1, 0.15) is 17.2 Å². The third kappa shape index (κ3) is 7.69. The first-order valence-corrected chi connectivity index (χ1v) is 8.36. The number of ether oxygens (including phenoxy) is 3. The van der Waals surface area contributed by atoms with Crippen LogP contribution in [-0.4, -0.2) is 38.5 Å². The standard InChI is InChI=1S/C20H16F6O4/c1-28-14-4-2-3-13(9-14)5-7-17(27)16-10-15(29-11-19(21,22)23)6-8-18(16)30-12-20(24,25)26/h2-10H,11-12H2,1H3. The summed E-state index contributed by atoms with van der Waals surface area (Å²) in [6.07, 6.45) is -6.86. The van der Waals surface area contributed by atoms with E-state index in [4.69, 9.17) is 4.74 Å². The van der Waals surface area contributed by atoms with Crippen LogP contribution in [-0.2, 0) is 0 Å². The van der Waals surface area contributed by atoms with Crippen LogP contribution in [0.1, 0.15) is 15.9 Å². The molecule has 0 spiro atoms. The van der Waals surface area contributed by atoms with E-state index in [0.717, 1.165) is 24.3 Å². The van der Waals surface area contributed by atoms with Crippen molar-refractivity contribution >= 4 is 11.9 Å². The number of ketones is 1. The SMILES string of the molecule is COc1cccc(C=CC(=O)c2cc(OCC(F)(F)F)ccc2OCC(F)(F)F)c1. The average molecular weight is 434 g/mol. The van der Waals surface area contributed by atoms with Crippen LogP contribution in [0, 0.1) is 0 Å². The van der Waals surface area contributed by atoms with Crippen molar-refractivity contribution in [1.29, 1.82) is 0 Å². The molecular formula is C20H16F6O4. The first-order chi connectivity index (χ1) is 14.0. The monoisotopic (exact) mass is 434 g/mol. The zero-order chi connectivity index (χ0) is 22.4. The molecule has 0 atom stereocenters. The molecule has 0 aromatic heterocycles. The number of hydrogen-bond acceptors (Lipinski definition) is 4. The van der Waals surface area contributed by atoms with Crippen LogP contribution < -0.4 is 14.2 Å². The molecule has 2 rings (SSSR count). The molecule has 0 fully saturated rings. The Balaban J connectivity index is 2.29. The molecule has 30 heavy (non-hydrogen) atoms. The highest BCUT2D eigenvalue weighted by Crippen LogP contribution is 2.28. The van der Waals surface area contributed by atoms with Gasteiger partial charge < -0.3 is 14.2 Å². The lowest BCUT2D eigenvalue weighted by molar-refractivity contribution is -0.154. The fourth-order valence-corrected chi connectivity index (χ4v) is 2.25. The summed E-state index contributed by atoms with van der Waals surface area (Å²) >= 11 is 0. The summed E-state index contributed by atoms with van der Waals surface area (Å²) in [6, 6.07) is 9.42. The Morgan fingerprint density at radius 3 is 2.20 bits per heavy atom. The van der Waals surface area contributed by atoms with Gasteiger partial charge in [-0.05, 0) is 42.0 Å². The molecule has 0 radical (unpaired) electrons. The highest BCUT2D eigenvalue weighted by atomic mass is 19.4. The van der Waals surface area contributed by atoms with E-state index in [-0.39, 0.29) is 11.3 Å². The van der Waals surface area contributed by atoms with Gasteiger partial charge in [0.05, 0.1) is 12.7 Å². The van der Waals surface area contributed by atoms with Crippen molar-refractivity contribution in [3.63, 3.8) is 0 Å². The molecule has 0 aliphatic heterocycles. The van der Waals surface area contributed by atoms with Crippen LogP contribution in [0.3, 0.4) is 0 Å². The molecule has 0 unspecified atom stereocenters. The second kappa shape index (κ2) is 9.55. The van der Waals surface area contributed by atoms with Crippen molar-refractivity contribution in [3.8, 4) is 17.2 Å². The highest BCUT2D eigenvalue weighted by molar-refractivity contribution is 6.08. The molecule has 0 heterocycles. The van der Waals surface area contributed by atoms with E-state index in [1.54, 1.807) is 24.3 Å². The lowest BCUT2D eigenvalue weighted by Gasteiger charge is -2.14. The van der Waals surface area contributed by atoms with Crippen molar-refractivity contribution in [3.05, 3.63) is 59.7 Å². The number of hydrogen-bond donors (Lipinski definition) is 0. The molecule has 0 bridgehead atoms. The van der Waals surface area contributed by atoms with Gasteiger partial charge in [0.25, 0.3) is 0 Å². The maximum atomic E-state index is 12.5. The van der Waals surface area contributed by atoms with Gasteiger partial charge in [0.15, 0.2) is 19.0 Å². The Hall–Kier alpha value is -3.17. The summed E-state index contributed by atoms with van der Waals surface area (Å²) in [7, 11) is 1.45. The minimum Gasteiger partial charge on any atom is -0.497 e. The van der Waals surface area contributed by atoms with E-state index in [1.165, 1.54) is 13.2 Å². The van der Waals surface area contributed by atoms with Crippen molar-refractivity contribution in [2.45, 2.75) is 12.4 Å². The topological polar surface area (TPSA) is 44.8 Å². The predicted molar refractivity (Wildman–Crippen MR) is 95.9 cm³/mol. The van der Waals surface area contributed by atoms with Crippen molar-refractivity contribution in [2.24, 2.45) is 0 Å². The maximum absolute atomic E-state index is 12.5. The second-order valence-corrected chi connectivity index (χ2v) is 5.94. The van der Waals surface area contributed by atoms with Gasteiger partial charge in [-0.25, -0.2) is 0 Å². The Kier molecular flexibility index (Phi) is 7.36. The molecule has 0 amide bonds. The zero-order valence-electron chi connectivity index (χ0n) is 15.5. The normalized spacial score (nSPS) is 12.1. The van der Waals surface area contributed by atoms with Crippen LogP contribution in [0.25, 0.3) is 6.08 Å². The van der Waals surface area contributed by atoms with Gasteiger partial charge >= 0.3 is 12.4 Å². The highest BCUT2D eigenvalue weighted by Gasteiger charge is 2.30. The van der Waals surface area contributed by atoms with Crippen LogP contribution in [0.5, 0.6) is 17.2 Å². The van der Waals surface area contributed by atoms with Gasteiger partial charge in [-0.1, -0.05) is 18.2 Å². The third-order valence-electron chi connectivity index (χ3n) is 3.53. The molecule has 0 aliphatic carbocycles. The second-order valence-electron chi connectivity index (χ2n) is 5.94. The number of rotatable bonds is 8. The Morgan fingerprint density at radius 2 is 1.57 bits per heavy atom. The number of carbonyl (C=O) groups is 1. The van der Waals surface area contributed by atoms with Gasteiger partial charge in [-0.15, -0.1) is 0 Å². The fraction of sp³-hybridized carbons (Fsp3) is 0.250. The lowest BCUT2D eigenvalue weighted by Crippen LogP contribution is -2.21. The summed E-state index contributed by atoms with van der Waals surface area (Å²) in [5, 5.41) is 0. The van der Waals surface area contributed by atoms with Gasteiger partial charge in [-0.3, -0.25) is 4.79 Å². The fourth-order valence-electron chi connectivity index (χ4n) is 2.25. The first kappa shape index (κ1) is 23.1. The molecule has 0 saturated heterocycles. The van der Waals surface area contributed by atoms with E-state index >= 15 is 0 Å². The quantitative estimate of drug-likeness (QED) is 0.314. The largest absolute Gasteiger partial charge is 0.497 e. The van der Waals surface area contributed by atoms with E-state index in [0.29, 0.717) is 11.3 Å². The van der Waals surface area contributed by atoms with Gasteiger partial charge in [0, 0.05) is 0 Å². The number of alkyl halides is 6. The lowest BCUT2D eigenvalue weighted by atomic mass is 10.1. The molecule has 4 nitrogen and oxygen atoms in total. The number of carbonyl (C=O) groups excluding carboxylic acids is 1. The molecule has 0 N–H and O–H groups in total. The summed E-state index contributed by atoms with van der Waals surface area (Å²) < 4.78 is 88.6. The van der Waals surface area contributed by atoms with E-state index in [2.05, 4.69) is 9.47 Å². The number of allylic oxidation sites excluding steroid dienone is 1. The third-order valence-corrected chi connectivity index (χ3v) is 3.53. The van der Waals surface area contributed by atoms with Crippen LogP contribution in [0.4, 0.5) is 26.3 Å². The smallest absolute Gasteiger partial charge is 0.422 e. The minimum absolute atomic E-state index is 0.343. The average Bonchev–Trinajstić information content (AvgIpc) is 2.68. The molecule has 162 valence electrons. The zero-order valence-corrected chi connectivity index (χ0v) is 15.5. The first-order valence-electron chi connectivity index (χ1n) is 8.36. The molecular weight excluding hydrogens is 418 g/mol. The number of methoxy groups -OCH3 is 1.